The second-order valence-electron chi connectivity index (χ2n) is 10.2. The molecule has 0 saturated heterocycles. The smallest absolute Gasteiger partial charge is 0.255 e. The van der Waals surface area contributed by atoms with Crippen molar-refractivity contribution in [3.05, 3.63) is 107 Å². The molecule has 0 atom stereocenters. The zero-order chi connectivity index (χ0) is 23.7. The van der Waals surface area contributed by atoms with E-state index in [0.29, 0.717) is 5.56 Å². The molecular weight excluding hydrogens is 418 g/mol. The topological polar surface area (TPSA) is 45.2 Å². The first-order chi connectivity index (χ1) is 16.4. The van der Waals surface area contributed by atoms with Gasteiger partial charge in [-0.2, -0.15) is 0 Å². The van der Waals surface area contributed by atoms with Crippen molar-refractivity contribution in [1.29, 1.82) is 0 Å². The van der Waals surface area contributed by atoms with Gasteiger partial charge in [-0.3, -0.25) is 14.7 Å². The fourth-order valence-electron chi connectivity index (χ4n) is 4.77. The number of pyridine rings is 1. The maximum absolute atomic E-state index is 13.0. The van der Waals surface area contributed by atoms with Gasteiger partial charge in [0, 0.05) is 42.5 Å². The van der Waals surface area contributed by atoms with Gasteiger partial charge in [0.15, 0.2) is 0 Å². The molecule has 0 radical (unpaired) electrons. The molecule has 1 aliphatic rings. The molecule has 1 aromatic heterocycles. The summed E-state index contributed by atoms with van der Waals surface area (Å²) in [6.45, 7) is 9.25. The molecule has 1 amide bonds. The Hall–Kier alpha value is -3.50. The minimum Gasteiger partial charge on any atom is -0.322 e. The lowest BCUT2D eigenvalue weighted by Crippen LogP contribution is -2.31. The molecule has 1 aliphatic heterocycles. The summed E-state index contributed by atoms with van der Waals surface area (Å²) < 4.78 is 0. The summed E-state index contributed by atoms with van der Waals surface area (Å²) in [5.41, 5.74) is 7.79. The van der Waals surface area contributed by atoms with Crippen molar-refractivity contribution < 1.29 is 4.79 Å². The van der Waals surface area contributed by atoms with Crippen molar-refractivity contribution in [2.75, 3.05) is 11.9 Å². The van der Waals surface area contributed by atoms with Crippen LogP contribution in [-0.2, 0) is 24.9 Å². The fourth-order valence-corrected chi connectivity index (χ4v) is 4.77. The number of nitrogens with one attached hydrogen (secondary N) is 1. The van der Waals surface area contributed by atoms with Crippen molar-refractivity contribution in [3.8, 4) is 0 Å². The number of nitrogens with zero attached hydrogens (tertiary/aromatic N) is 2. The molecule has 0 fully saturated rings. The Morgan fingerprint density at radius 2 is 1.76 bits per heavy atom. The van der Waals surface area contributed by atoms with E-state index in [2.05, 4.69) is 78.4 Å². The number of hydrogen-bond acceptors (Lipinski definition) is 3. The van der Waals surface area contributed by atoms with Crippen molar-refractivity contribution in [3.63, 3.8) is 0 Å². The molecule has 5 rings (SSSR count). The van der Waals surface area contributed by atoms with Crippen LogP contribution in [0.25, 0.3) is 10.9 Å². The molecule has 0 bridgehead atoms. The van der Waals surface area contributed by atoms with E-state index in [0.717, 1.165) is 37.3 Å². The monoisotopic (exact) mass is 449 g/mol. The summed E-state index contributed by atoms with van der Waals surface area (Å²) in [5.74, 6) is -0.0560. The van der Waals surface area contributed by atoms with Crippen LogP contribution in [0.3, 0.4) is 0 Å². The molecule has 1 N–H and O–H groups in total. The van der Waals surface area contributed by atoms with Gasteiger partial charge in [-0.1, -0.05) is 63.2 Å². The lowest BCUT2D eigenvalue weighted by Gasteiger charge is -2.30. The average Bonchev–Trinajstić information content (AvgIpc) is 2.84. The highest BCUT2D eigenvalue weighted by molar-refractivity contribution is 6.04. The van der Waals surface area contributed by atoms with E-state index < -0.39 is 0 Å². The van der Waals surface area contributed by atoms with E-state index in [1.54, 1.807) is 0 Å². The van der Waals surface area contributed by atoms with Crippen LogP contribution in [-0.4, -0.2) is 22.3 Å². The van der Waals surface area contributed by atoms with Crippen molar-refractivity contribution >= 4 is 22.5 Å². The van der Waals surface area contributed by atoms with Crippen LogP contribution < -0.4 is 5.32 Å². The number of aromatic nitrogens is 1. The van der Waals surface area contributed by atoms with Crippen LogP contribution in [0.2, 0.25) is 0 Å². The molecule has 2 heterocycles. The SMILES string of the molecule is CC(C)(C)c1ccc(C(=O)Nc2cccc3c2CCN(Cc2ccnc4ccccc24)C3)cc1. The Balaban J connectivity index is 1.31. The number of carbonyl (C=O) groups is 1. The van der Waals surface area contributed by atoms with Gasteiger partial charge in [0.2, 0.25) is 0 Å². The first kappa shape index (κ1) is 22.3. The van der Waals surface area contributed by atoms with Gasteiger partial charge in [-0.05, 0) is 64.4 Å². The largest absolute Gasteiger partial charge is 0.322 e. The Kier molecular flexibility index (Phi) is 5.93. The van der Waals surface area contributed by atoms with Gasteiger partial charge in [-0.15, -0.1) is 0 Å². The third kappa shape index (κ3) is 4.59. The molecule has 0 spiro atoms. The molecule has 4 nitrogen and oxygen atoms in total. The molecule has 4 heteroatoms. The summed E-state index contributed by atoms with van der Waals surface area (Å²) >= 11 is 0. The zero-order valence-corrected chi connectivity index (χ0v) is 20.1. The number of benzene rings is 3. The number of anilines is 1. The third-order valence-electron chi connectivity index (χ3n) is 6.74. The highest BCUT2D eigenvalue weighted by atomic mass is 16.1. The summed E-state index contributed by atoms with van der Waals surface area (Å²) in [4.78, 5) is 19.9. The minimum absolute atomic E-state index is 0.0560. The predicted molar refractivity (Wildman–Crippen MR) is 139 cm³/mol. The fraction of sp³-hybridized carbons (Fsp3) is 0.267. The van der Waals surface area contributed by atoms with Gasteiger partial charge in [-0.25, -0.2) is 0 Å². The standard InChI is InChI=1S/C30H31N3O/c1-30(2,3)24-13-11-21(12-14-24)29(34)32-28-10-6-7-22-19-33(18-16-26(22)28)20-23-15-17-31-27-9-5-4-8-25(23)27/h4-15,17H,16,18-20H2,1-3H3,(H,32,34). The number of para-hydroxylation sites is 1. The number of rotatable bonds is 4. The second kappa shape index (κ2) is 9.03. The van der Waals surface area contributed by atoms with Crippen LogP contribution in [0.4, 0.5) is 5.69 Å². The van der Waals surface area contributed by atoms with E-state index >= 15 is 0 Å². The van der Waals surface area contributed by atoms with E-state index in [1.165, 1.54) is 27.6 Å². The summed E-state index contributed by atoms with van der Waals surface area (Å²) in [6.07, 6.45) is 2.81. The van der Waals surface area contributed by atoms with Crippen molar-refractivity contribution in [2.45, 2.75) is 45.7 Å². The van der Waals surface area contributed by atoms with Crippen molar-refractivity contribution in [1.82, 2.24) is 9.88 Å². The Morgan fingerprint density at radius 3 is 2.56 bits per heavy atom. The number of amides is 1. The van der Waals surface area contributed by atoms with Crippen LogP contribution in [0.1, 0.15) is 53.4 Å². The Labute approximate surface area is 201 Å². The van der Waals surface area contributed by atoms with Crippen molar-refractivity contribution in [2.24, 2.45) is 0 Å². The molecule has 0 unspecified atom stereocenters. The maximum Gasteiger partial charge on any atom is 0.255 e. The lowest BCUT2D eigenvalue weighted by atomic mass is 9.86. The van der Waals surface area contributed by atoms with Gasteiger partial charge < -0.3 is 5.32 Å². The molecular formula is C30H31N3O. The number of hydrogen-bond donors (Lipinski definition) is 1. The van der Waals surface area contributed by atoms with Crippen LogP contribution >= 0.6 is 0 Å². The predicted octanol–water partition coefficient (Wildman–Crippen LogP) is 6.34. The van der Waals surface area contributed by atoms with Gasteiger partial charge >= 0.3 is 0 Å². The molecule has 172 valence electrons. The summed E-state index contributed by atoms with van der Waals surface area (Å²) in [6, 6.07) is 24.6. The number of carbonyl (C=O) groups excluding carboxylic acids is 1. The van der Waals surface area contributed by atoms with Gasteiger partial charge in [0.1, 0.15) is 0 Å². The first-order valence-corrected chi connectivity index (χ1v) is 12.0. The van der Waals surface area contributed by atoms with Crippen LogP contribution in [0.15, 0.2) is 79.0 Å². The Morgan fingerprint density at radius 1 is 0.971 bits per heavy atom. The average molecular weight is 450 g/mol. The molecule has 4 aromatic rings. The summed E-state index contributed by atoms with van der Waals surface area (Å²) in [5, 5.41) is 4.38. The van der Waals surface area contributed by atoms with Gasteiger partial charge in [0.25, 0.3) is 5.91 Å². The van der Waals surface area contributed by atoms with Gasteiger partial charge in [0.05, 0.1) is 5.52 Å². The molecule has 0 aliphatic carbocycles. The quantitative estimate of drug-likeness (QED) is 0.395. The van der Waals surface area contributed by atoms with E-state index in [1.807, 2.05) is 36.5 Å². The number of fused-ring (bicyclic) bond motifs is 2. The van der Waals surface area contributed by atoms with E-state index in [4.69, 9.17) is 0 Å². The first-order valence-electron chi connectivity index (χ1n) is 12.0. The third-order valence-corrected chi connectivity index (χ3v) is 6.74. The van der Waals surface area contributed by atoms with E-state index in [9.17, 15) is 4.79 Å². The molecule has 34 heavy (non-hydrogen) atoms. The van der Waals surface area contributed by atoms with Crippen LogP contribution in [0.5, 0.6) is 0 Å². The molecule has 0 saturated carbocycles. The summed E-state index contributed by atoms with van der Waals surface area (Å²) in [7, 11) is 0. The minimum atomic E-state index is -0.0560. The molecule has 3 aromatic carbocycles. The highest BCUT2D eigenvalue weighted by Gasteiger charge is 2.21. The normalized spacial score (nSPS) is 14.1. The second-order valence-corrected chi connectivity index (χ2v) is 10.2. The highest BCUT2D eigenvalue weighted by Crippen LogP contribution is 2.29. The lowest BCUT2D eigenvalue weighted by molar-refractivity contribution is 0.102. The van der Waals surface area contributed by atoms with Crippen LogP contribution in [0, 0.1) is 0 Å². The Bertz CT molecular complexity index is 1330. The van der Waals surface area contributed by atoms with E-state index in [-0.39, 0.29) is 11.3 Å². The zero-order valence-electron chi connectivity index (χ0n) is 20.1. The maximum atomic E-state index is 13.0.